The second-order valence-electron chi connectivity index (χ2n) is 1.41. The quantitative estimate of drug-likeness (QED) is 0.457. The molecule has 1 saturated heterocycles. The molecule has 0 spiro atoms. The van der Waals surface area contributed by atoms with Crippen molar-refractivity contribution in [2.75, 3.05) is 20.3 Å². The summed E-state index contributed by atoms with van der Waals surface area (Å²) in [6.45, 7) is 1.68. The van der Waals surface area contributed by atoms with Gasteiger partial charge in [-0.3, -0.25) is 10.6 Å². The maximum Gasteiger partial charge on any atom is 0.176 e. The van der Waals surface area contributed by atoms with Crippen LogP contribution < -0.4 is 10.6 Å². The molecular formula is C4H9N2O. The van der Waals surface area contributed by atoms with Gasteiger partial charge in [0.2, 0.25) is 0 Å². The van der Waals surface area contributed by atoms with E-state index in [0.717, 1.165) is 19.4 Å². The molecule has 1 aliphatic rings. The Morgan fingerprint density at radius 1 is 1.71 bits per heavy atom. The molecule has 1 radical (unpaired) electrons. The average molecular weight is 101 g/mol. The van der Waals surface area contributed by atoms with E-state index in [1.807, 2.05) is 0 Å². The zero-order valence-corrected chi connectivity index (χ0v) is 4.32. The van der Waals surface area contributed by atoms with Gasteiger partial charge in [0.25, 0.3) is 0 Å². The van der Waals surface area contributed by atoms with Crippen LogP contribution in [0, 0.1) is 6.23 Å². The van der Waals surface area contributed by atoms with Crippen molar-refractivity contribution >= 4 is 0 Å². The second-order valence-corrected chi connectivity index (χ2v) is 1.41. The maximum absolute atomic E-state index is 4.85. The molecule has 0 aromatic heterocycles. The number of rotatable bonds is 1. The summed E-state index contributed by atoms with van der Waals surface area (Å²) in [4.78, 5) is 0. The van der Waals surface area contributed by atoms with Crippen LogP contribution in [-0.4, -0.2) is 20.3 Å². The van der Waals surface area contributed by atoms with E-state index in [1.54, 1.807) is 7.11 Å². The number of nitrogens with one attached hydrogen (secondary N) is 2. The average Bonchev–Trinajstić information content (AvgIpc) is 2.14. The summed E-state index contributed by atoms with van der Waals surface area (Å²) in [5.41, 5.74) is 0. The van der Waals surface area contributed by atoms with Crippen molar-refractivity contribution in [3.05, 3.63) is 6.23 Å². The van der Waals surface area contributed by atoms with Crippen LogP contribution in [0.25, 0.3) is 0 Å². The van der Waals surface area contributed by atoms with Gasteiger partial charge in [-0.2, -0.15) is 0 Å². The Labute approximate surface area is 43.0 Å². The summed E-state index contributed by atoms with van der Waals surface area (Å²) < 4.78 is 4.85. The molecule has 1 rings (SSSR count). The van der Waals surface area contributed by atoms with Gasteiger partial charge < -0.3 is 4.74 Å². The Morgan fingerprint density at radius 2 is 2.57 bits per heavy atom. The highest BCUT2D eigenvalue weighted by molar-refractivity contribution is 4.82. The van der Waals surface area contributed by atoms with Crippen LogP contribution in [0.3, 0.4) is 0 Å². The molecule has 3 nitrogen and oxygen atoms in total. The van der Waals surface area contributed by atoms with E-state index in [2.05, 4.69) is 10.6 Å². The van der Waals surface area contributed by atoms with Crippen LogP contribution in [0.4, 0.5) is 0 Å². The van der Waals surface area contributed by atoms with Gasteiger partial charge in [0, 0.05) is 20.3 Å². The molecule has 2 N–H and O–H groups in total. The first-order valence-corrected chi connectivity index (χ1v) is 2.28. The molecule has 0 aromatic rings. The third-order valence-corrected chi connectivity index (χ3v) is 0.943. The van der Waals surface area contributed by atoms with Gasteiger partial charge in [-0.25, -0.2) is 0 Å². The van der Waals surface area contributed by atoms with E-state index >= 15 is 0 Å². The fourth-order valence-corrected chi connectivity index (χ4v) is 0.544. The smallest absolute Gasteiger partial charge is 0.176 e. The van der Waals surface area contributed by atoms with Crippen molar-refractivity contribution in [3.8, 4) is 0 Å². The Bertz CT molecular complexity index is 51.7. The first kappa shape index (κ1) is 5.03. The number of methoxy groups -OCH3 is 1. The van der Waals surface area contributed by atoms with E-state index in [0.29, 0.717) is 0 Å². The molecule has 0 aliphatic carbocycles. The van der Waals surface area contributed by atoms with Crippen molar-refractivity contribution in [1.29, 1.82) is 0 Å². The fraction of sp³-hybridized carbons (Fsp3) is 0.750. The SMILES string of the molecule is CO[C]1CNCN1. The molecule has 0 atom stereocenters. The van der Waals surface area contributed by atoms with Crippen molar-refractivity contribution in [3.63, 3.8) is 0 Å². The molecule has 7 heavy (non-hydrogen) atoms. The molecule has 1 aliphatic heterocycles. The van der Waals surface area contributed by atoms with Gasteiger partial charge in [0.15, 0.2) is 6.23 Å². The van der Waals surface area contributed by atoms with Crippen molar-refractivity contribution < 1.29 is 4.74 Å². The number of ether oxygens (including phenoxy) is 1. The lowest BCUT2D eigenvalue weighted by Gasteiger charge is -2.00. The lowest BCUT2D eigenvalue weighted by atomic mass is 10.6. The van der Waals surface area contributed by atoms with Crippen LogP contribution in [0.15, 0.2) is 0 Å². The normalized spacial score (nSPS) is 23.6. The first-order chi connectivity index (χ1) is 3.43. The Balaban J connectivity index is 2.14. The minimum absolute atomic E-state index is 0.836. The van der Waals surface area contributed by atoms with Gasteiger partial charge >= 0.3 is 0 Å². The zero-order valence-electron chi connectivity index (χ0n) is 4.32. The summed E-state index contributed by atoms with van der Waals surface area (Å²) in [6, 6.07) is 0. The van der Waals surface area contributed by atoms with Crippen molar-refractivity contribution in [1.82, 2.24) is 10.6 Å². The summed E-state index contributed by atoms with van der Waals surface area (Å²) in [6.07, 6.45) is 0.931. The van der Waals surface area contributed by atoms with Gasteiger partial charge in [-0.05, 0) is 0 Å². The molecule has 1 heterocycles. The summed E-state index contributed by atoms with van der Waals surface area (Å²) in [5.74, 6) is 0. The molecule has 0 saturated carbocycles. The molecule has 0 aromatic carbocycles. The number of hydrogen-bond acceptors (Lipinski definition) is 3. The van der Waals surface area contributed by atoms with E-state index in [1.165, 1.54) is 0 Å². The lowest BCUT2D eigenvalue weighted by Crippen LogP contribution is -2.15. The highest BCUT2D eigenvalue weighted by atomic mass is 16.5. The predicted octanol–water partition coefficient (Wildman–Crippen LogP) is -0.727. The van der Waals surface area contributed by atoms with Gasteiger partial charge in [0.1, 0.15) is 0 Å². The minimum Gasteiger partial charge on any atom is -0.358 e. The van der Waals surface area contributed by atoms with Crippen molar-refractivity contribution in [2.45, 2.75) is 0 Å². The molecule has 0 unspecified atom stereocenters. The van der Waals surface area contributed by atoms with Crippen molar-refractivity contribution in [2.24, 2.45) is 0 Å². The van der Waals surface area contributed by atoms with Gasteiger partial charge in [-0.15, -0.1) is 0 Å². The molecule has 0 amide bonds. The monoisotopic (exact) mass is 101 g/mol. The minimum atomic E-state index is 0.836. The summed E-state index contributed by atoms with van der Waals surface area (Å²) in [7, 11) is 1.66. The fourth-order valence-electron chi connectivity index (χ4n) is 0.544. The van der Waals surface area contributed by atoms with Gasteiger partial charge in [0.05, 0.1) is 0 Å². The maximum atomic E-state index is 4.85. The van der Waals surface area contributed by atoms with E-state index in [-0.39, 0.29) is 0 Å². The van der Waals surface area contributed by atoms with Crippen LogP contribution >= 0.6 is 0 Å². The van der Waals surface area contributed by atoms with Crippen LogP contribution in [-0.2, 0) is 4.74 Å². The Kier molecular flexibility index (Phi) is 1.62. The highest BCUT2D eigenvalue weighted by Crippen LogP contribution is 1.94. The third kappa shape index (κ3) is 1.12. The predicted molar refractivity (Wildman–Crippen MR) is 26.3 cm³/mol. The zero-order chi connectivity index (χ0) is 5.11. The van der Waals surface area contributed by atoms with Gasteiger partial charge in [-0.1, -0.05) is 0 Å². The molecule has 3 heteroatoms. The molecule has 41 valence electrons. The standard InChI is InChI=1S/C4H9N2O/c1-7-4-2-5-3-6-4/h5-6H,2-3H2,1H3. The van der Waals surface area contributed by atoms with Crippen LogP contribution in [0.5, 0.6) is 0 Å². The summed E-state index contributed by atoms with van der Waals surface area (Å²) in [5, 5.41) is 6.04. The van der Waals surface area contributed by atoms with E-state index in [9.17, 15) is 0 Å². The summed E-state index contributed by atoms with van der Waals surface area (Å²) >= 11 is 0. The Morgan fingerprint density at radius 3 is 2.86 bits per heavy atom. The second kappa shape index (κ2) is 2.26. The van der Waals surface area contributed by atoms with E-state index in [4.69, 9.17) is 4.74 Å². The van der Waals surface area contributed by atoms with Crippen LogP contribution in [0.1, 0.15) is 0 Å². The molecular weight excluding hydrogens is 92.1 g/mol. The lowest BCUT2D eigenvalue weighted by molar-refractivity contribution is 0.196. The van der Waals surface area contributed by atoms with E-state index < -0.39 is 0 Å². The topological polar surface area (TPSA) is 33.3 Å². The van der Waals surface area contributed by atoms with Crippen LogP contribution in [0.2, 0.25) is 0 Å². The highest BCUT2D eigenvalue weighted by Gasteiger charge is 2.11. The number of hydrogen-bond donors (Lipinski definition) is 2. The molecule has 1 fully saturated rings. The Hall–Kier alpha value is -0.120. The molecule has 0 bridgehead atoms. The third-order valence-electron chi connectivity index (χ3n) is 0.943. The largest absolute Gasteiger partial charge is 0.358 e. The first-order valence-electron chi connectivity index (χ1n) is 2.28.